The van der Waals surface area contributed by atoms with Gasteiger partial charge < -0.3 is 10.3 Å². The standard InChI is InChI=1S/C12H16N4O/c1-3-10(13)6-11-15-12(17-16-11)9-5-4-8(2)14-7-9/h4-5,7,10H,3,6,13H2,1-2H3. The van der Waals surface area contributed by atoms with Gasteiger partial charge in [0, 0.05) is 24.4 Å². The van der Waals surface area contributed by atoms with Crippen molar-refractivity contribution in [1.29, 1.82) is 0 Å². The molecule has 0 aliphatic carbocycles. The van der Waals surface area contributed by atoms with Crippen molar-refractivity contribution in [3.8, 4) is 11.5 Å². The maximum absolute atomic E-state index is 5.84. The number of nitrogens with zero attached hydrogens (tertiary/aromatic N) is 3. The van der Waals surface area contributed by atoms with E-state index >= 15 is 0 Å². The third-order valence-electron chi connectivity index (χ3n) is 2.60. The summed E-state index contributed by atoms with van der Waals surface area (Å²) in [5, 5.41) is 3.91. The van der Waals surface area contributed by atoms with Gasteiger partial charge in [0.1, 0.15) is 0 Å². The highest BCUT2D eigenvalue weighted by molar-refractivity contribution is 5.50. The molecule has 0 saturated heterocycles. The second-order valence-corrected chi connectivity index (χ2v) is 4.08. The predicted octanol–water partition coefficient (Wildman–Crippen LogP) is 1.72. The molecule has 2 rings (SSSR count). The summed E-state index contributed by atoms with van der Waals surface area (Å²) in [6, 6.07) is 3.91. The molecule has 0 amide bonds. The summed E-state index contributed by atoms with van der Waals surface area (Å²) >= 11 is 0. The molecule has 0 aliphatic rings. The SMILES string of the molecule is CCC(N)Cc1noc(-c2ccc(C)nc2)n1. The number of hydrogen-bond donors (Lipinski definition) is 1. The molecule has 0 aliphatic heterocycles. The maximum atomic E-state index is 5.84. The lowest BCUT2D eigenvalue weighted by Crippen LogP contribution is -2.21. The van der Waals surface area contributed by atoms with Gasteiger partial charge in [-0.3, -0.25) is 4.98 Å². The van der Waals surface area contributed by atoms with Crippen molar-refractivity contribution in [1.82, 2.24) is 15.1 Å². The summed E-state index contributed by atoms with van der Waals surface area (Å²) in [4.78, 5) is 8.49. The Morgan fingerprint density at radius 1 is 1.41 bits per heavy atom. The van der Waals surface area contributed by atoms with E-state index in [1.807, 2.05) is 26.0 Å². The Kier molecular flexibility index (Phi) is 3.49. The Labute approximate surface area is 100 Å². The summed E-state index contributed by atoms with van der Waals surface area (Å²) in [7, 11) is 0. The van der Waals surface area contributed by atoms with Crippen LogP contribution in [0, 0.1) is 6.92 Å². The molecule has 17 heavy (non-hydrogen) atoms. The van der Waals surface area contributed by atoms with Gasteiger partial charge in [0.2, 0.25) is 0 Å². The molecule has 5 heteroatoms. The number of rotatable bonds is 4. The summed E-state index contributed by atoms with van der Waals surface area (Å²) in [6.07, 6.45) is 3.27. The van der Waals surface area contributed by atoms with E-state index in [1.54, 1.807) is 6.20 Å². The van der Waals surface area contributed by atoms with Crippen molar-refractivity contribution in [3.05, 3.63) is 29.8 Å². The average molecular weight is 232 g/mol. The lowest BCUT2D eigenvalue weighted by atomic mass is 10.2. The fourth-order valence-electron chi connectivity index (χ4n) is 1.43. The molecule has 0 spiro atoms. The van der Waals surface area contributed by atoms with Crippen LogP contribution in [-0.2, 0) is 6.42 Å². The van der Waals surface area contributed by atoms with Crippen molar-refractivity contribution >= 4 is 0 Å². The summed E-state index contributed by atoms with van der Waals surface area (Å²) in [5.74, 6) is 1.14. The predicted molar refractivity (Wildman–Crippen MR) is 64.2 cm³/mol. The third kappa shape index (κ3) is 2.88. The highest BCUT2D eigenvalue weighted by Gasteiger charge is 2.11. The average Bonchev–Trinajstić information content (AvgIpc) is 2.78. The molecule has 90 valence electrons. The number of pyridine rings is 1. The van der Waals surface area contributed by atoms with E-state index < -0.39 is 0 Å². The molecule has 0 radical (unpaired) electrons. The van der Waals surface area contributed by atoms with Crippen LogP contribution in [0.5, 0.6) is 0 Å². The molecule has 0 bridgehead atoms. The van der Waals surface area contributed by atoms with Crippen LogP contribution in [0.25, 0.3) is 11.5 Å². The minimum atomic E-state index is 0.0802. The van der Waals surface area contributed by atoms with Crippen molar-refractivity contribution in [2.24, 2.45) is 5.73 Å². The van der Waals surface area contributed by atoms with Crippen molar-refractivity contribution in [2.45, 2.75) is 32.7 Å². The van der Waals surface area contributed by atoms with Crippen LogP contribution in [0.1, 0.15) is 24.9 Å². The van der Waals surface area contributed by atoms with Gasteiger partial charge in [-0.05, 0) is 25.5 Å². The lowest BCUT2D eigenvalue weighted by Gasteiger charge is -2.02. The zero-order valence-corrected chi connectivity index (χ0v) is 10.1. The lowest BCUT2D eigenvalue weighted by molar-refractivity contribution is 0.419. The van der Waals surface area contributed by atoms with Crippen LogP contribution in [0.2, 0.25) is 0 Å². The summed E-state index contributed by atoms with van der Waals surface area (Å²) in [6.45, 7) is 3.97. The van der Waals surface area contributed by atoms with Gasteiger partial charge in [0.25, 0.3) is 5.89 Å². The van der Waals surface area contributed by atoms with Crippen molar-refractivity contribution < 1.29 is 4.52 Å². The van der Waals surface area contributed by atoms with E-state index in [4.69, 9.17) is 10.3 Å². The normalized spacial score (nSPS) is 12.6. The summed E-state index contributed by atoms with van der Waals surface area (Å²) < 4.78 is 5.18. The fraction of sp³-hybridized carbons (Fsp3) is 0.417. The smallest absolute Gasteiger partial charge is 0.259 e. The van der Waals surface area contributed by atoms with E-state index in [1.165, 1.54) is 0 Å². The first-order valence-corrected chi connectivity index (χ1v) is 5.70. The highest BCUT2D eigenvalue weighted by atomic mass is 16.5. The topological polar surface area (TPSA) is 77.8 Å². The van der Waals surface area contributed by atoms with Gasteiger partial charge in [-0.1, -0.05) is 12.1 Å². The molecule has 0 fully saturated rings. The largest absolute Gasteiger partial charge is 0.334 e. The molecule has 2 aromatic heterocycles. The van der Waals surface area contributed by atoms with Crippen LogP contribution in [-0.4, -0.2) is 21.2 Å². The van der Waals surface area contributed by atoms with Crippen LogP contribution in [0.4, 0.5) is 0 Å². The molecular weight excluding hydrogens is 216 g/mol. The Bertz CT molecular complexity index is 478. The van der Waals surface area contributed by atoms with Gasteiger partial charge in [0.15, 0.2) is 5.82 Å². The Morgan fingerprint density at radius 3 is 2.88 bits per heavy atom. The van der Waals surface area contributed by atoms with E-state index in [-0.39, 0.29) is 6.04 Å². The molecule has 2 aromatic rings. The molecule has 2 heterocycles. The zero-order valence-electron chi connectivity index (χ0n) is 10.1. The van der Waals surface area contributed by atoms with Crippen LogP contribution in [0.3, 0.4) is 0 Å². The van der Waals surface area contributed by atoms with Gasteiger partial charge in [-0.2, -0.15) is 4.98 Å². The van der Waals surface area contributed by atoms with Crippen molar-refractivity contribution in [2.75, 3.05) is 0 Å². The van der Waals surface area contributed by atoms with Gasteiger partial charge in [0.05, 0.1) is 5.56 Å². The molecule has 0 aromatic carbocycles. The van der Waals surface area contributed by atoms with Gasteiger partial charge in [-0.25, -0.2) is 0 Å². The van der Waals surface area contributed by atoms with Gasteiger partial charge in [-0.15, -0.1) is 0 Å². The van der Waals surface area contributed by atoms with E-state index in [9.17, 15) is 0 Å². The highest BCUT2D eigenvalue weighted by Crippen LogP contribution is 2.16. The first-order valence-electron chi connectivity index (χ1n) is 5.70. The fourth-order valence-corrected chi connectivity index (χ4v) is 1.43. The van der Waals surface area contributed by atoms with Crippen LogP contribution < -0.4 is 5.73 Å². The zero-order chi connectivity index (χ0) is 12.3. The number of aromatic nitrogens is 3. The quantitative estimate of drug-likeness (QED) is 0.868. The molecule has 5 nitrogen and oxygen atoms in total. The van der Waals surface area contributed by atoms with Crippen LogP contribution in [0.15, 0.2) is 22.9 Å². The van der Waals surface area contributed by atoms with E-state index in [0.717, 1.165) is 17.7 Å². The Morgan fingerprint density at radius 2 is 2.24 bits per heavy atom. The van der Waals surface area contributed by atoms with Crippen LogP contribution >= 0.6 is 0 Å². The Hall–Kier alpha value is -1.75. The number of aryl methyl sites for hydroxylation is 1. The molecule has 2 N–H and O–H groups in total. The van der Waals surface area contributed by atoms with E-state index in [2.05, 4.69) is 15.1 Å². The van der Waals surface area contributed by atoms with Crippen molar-refractivity contribution in [3.63, 3.8) is 0 Å². The molecule has 0 saturated carbocycles. The van der Waals surface area contributed by atoms with Gasteiger partial charge >= 0.3 is 0 Å². The first kappa shape index (κ1) is 11.7. The second-order valence-electron chi connectivity index (χ2n) is 4.08. The number of hydrogen-bond acceptors (Lipinski definition) is 5. The first-order chi connectivity index (χ1) is 8.19. The summed E-state index contributed by atoms with van der Waals surface area (Å²) in [5.41, 5.74) is 7.63. The monoisotopic (exact) mass is 232 g/mol. The number of nitrogens with two attached hydrogens (primary N) is 1. The Balaban J connectivity index is 2.15. The second kappa shape index (κ2) is 5.05. The third-order valence-corrected chi connectivity index (χ3v) is 2.60. The molecular formula is C12H16N4O. The maximum Gasteiger partial charge on any atom is 0.259 e. The molecule has 1 unspecified atom stereocenters. The molecule has 1 atom stereocenters. The minimum Gasteiger partial charge on any atom is -0.334 e. The van der Waals surface area contributed by atoms with E-state index in [0.29, 0.717) is 18.1 Å². The minimum absolute atomic E-state index is 0.0802.